The molecule has 96 valence electrons. The van der Waals surface area contributed by atoms with Gasteiger partial charge in [-0.05, 0) is 37.1 Å². The first-order chi connectivity index (χ1) is 8.21. The molecule has 17 heavy (non-hydrogen) atoms. The Bertz CT molecular complexity index is 309. The number of likely N-dealkylation sites (N-methyl/N-ethyl adjacent to an activating group) is 1. The minimum absolute atomic E-state index is 0.255. The van der Waals surface area contributed by atoms with Gasteiger partial charge >= 0.3 is 0 Å². The van der Waals surface area contributed by atoms with Gasteiger partial charge in [0.05, 0.1) is 6.10 Å². The van der Waals surface area contributed by atoms with Gasteiger partial charge in [0.25, 0.3) is 0 Å². The third kappa shape index (κ3) is 4.66. The quantitative estimate of drug-likeness (QED) is 0.807. The lowest BCUT2D eigenvalue weighted by molar-refractivity contribution is 0.0658. The van der Waals surface area contributed by atoms with Crippen LogP contribution < -0.4 is 5.32 Å². The van der Waals surface area contributed by atoms with E-state index in [9.17, 15) is 0 Å². The molecule has 0 saturated carbocycles. The fourth-order valence-corrected chi connectivity index (χ4v) is 2.21. The summed E-state index contributed by atoms with van der Waals surface area (Å²) in [7, 11) is 1.78. The van der Waals surface area contributed by atoms with Crippen molar-refractivity contribution in [1.29, 1.82) is 0 Å². The molecule has 1 aromatic carbocycles. The van der Waals surface area contributed by atoms with Crippen LogP contribution in [0.2, 0.25) is 5.02 Å². The molecule has 2 unspecified atom stereocenters. The number of rotatable bonds is 7. The average molecular weight is 256 g/mol. The first-order valence-corrected chi connectivity index (χ1v) is 6.59. The third-order valence-electron chi connectivity index (χ3n) is 2.99. The van der Waals surface area contributed by atoms with E-state index in [0.29, 0.717) is 6.04 Å². The molecule has 0 saturated heterocycles. The highest BCUT2D eigenvalue weighted by Crippen LogP contribution is 2.14. The summed E-state index contributed by atoms with van der Waals surface area (Å²) in [6, 6.07) is 8.39. The zero-order chi connectivity index (χ0) is 12.7. The predicted octanol–water partition coefficient (Wildman–Crippen LogP) is 3.29. The van der Waals surface area contributed by atoms with E-state index >= 15 is 0 Å². The van der Waals surface area contributed by atoms with Crippen molar-refractivity contribution in [2.24, 2.45) is 0 Å². The van der Waals surface area contributed by atoms with Gasteiger partial charge in [-0.15, -0.1) is 0 Å². The third-order valence-corrected chi connectivity index (χ3v) is 3.24. The smallest absolute Gasteiger partial charge is 0.0724 e. The Morgan fingerprint density at radius 3 is 2.35 bits per heavy atom. The highest BCUT2D eigenvalue weighted by Gasteiger charge is 2.18. The van der Waals surface area contributed by atoms with Crippen molar-refractivity contribution in [2.75, 3.05) is 13.7 Å². The van der Waals surface area contributed by atoms with Crippen LogP contribution in [0.4, 0.5) is 0 Å². The Morgan fingerprint density at radius 1 is 1.24 bits per heavy atom. The van der Waals surface area contributed by atoms with Gasteiger partial charge in [0.15, 0.2) is 0 Å². The molecule has 0 amide bonds. The van der Waals surface area contributed by atoms with Crippen molar-refractivity contribution in [2.45, 2.75) is 38.8 Å². The molecule has 1 N–H and O–H groups in total. The van der Waals surface area contributed by atoms with Gasteiger partial charge in [0.1, 0.15) is 0 Å². The standard InChI is InChI=1S/C14H22ClNO/c1-4-14(17-3)13(16-5-2)10-11-6-8-12(15)9-7-11/h6-9,13-14,16H,4-5,10H2,1-3H3. The van der Waals surface area contributed by atoms with E-state index in [2.05, 4.69) is 31.3 Å². The van der Waals surface area contributed by atoms with Gasteiger partial charge in [-0.25, -0.2) is 0 Å². The van der Waals surface area contributed by atoms with Crippen molar-refractivity contribution in [3.05, 3.63) is 34.9 Å². The molecule has 0 radical (unpaired) electrons. The Labute approximate surface area is 109 Å². The van der Waals surface area contributed by atoms with E-state index in [1.54, 1.807) is 7.11 Å². The van der Waals surface area contributed by atoms with E-state index in [-0.39, 0.29) is 6.10 Å². The highest BCUT2D eigenvalue weighted by molar-refractivity contribution is 6.30. The second-order valence-electron chi connectivity index (χ2n) is 4.18. The Hall–Kier alpha value is -0.570. The lowest BCUT2D eigenvalue weighted by Crippen LogP contribution is -2.42. The Balaban J connectivity index is 2.68. The minimum atomic E-state index is 0.255. The van der Waals surface area contributed by atoms with Crippen LogP contribution in [0.1, 0.15) is 25.8 Å². The number of nitrogens with one attached hydrogen (secondary N) is 1. The molecule has 0 aliphatic carbocycles. The van der Waals surface area contributed by atoms with Crippen molar-refractivity contribution in [3.8, 4) is 0 Å². The zero-order valence-electron chi connectivity index (χ0n) is 10.9. The molecular weight excluding hydrogens is 234 g/mol. The van der Waals surface area contributed by atoms with Crippen LogP contribution in [-0.2, 0) is 11.2 Å². The maximum absolute atomic E-state index is 5.89. The molecule has 0 aliphatic rings. The van der Waals surface area contributed by atoms with Gasteiger partial charge in [-0.1, -0.05) is 37.6 Å². The maximum atomic E-state index is 5.89. The lowest BCUT2D eigenvalue weighted by atomic mass is 9.99. The van der Waals surface area contributed by atoms with Crippen LogP contribution in [0.5, 0.6) is 0 Å². The molecular formula is C14H22ClNO. The monoisotopic (exact) mass is 255 g/mol. The van der Waals surface area contributed by atoms with Crippen LogP contribution in [0.15, 0.2) is 24.3 Å². The molecule has 0 heterocycles. The Kier molecular flexibility index (Phi) is 6.56. The zero-order valence-corrected chi connectivity index (χ0v) is 11.6. The summed E-state index contributed by atoms with van der Waals surface area (Å²) in [6.45, 7) is 5.23. The number of hydrogen-bond donors (Lipinski definition) is 1. The van der Waals surface area contributed by atoms with E-state index in [0.717, 1.165) is 24.4 Å². The first kappa shape index (κ1) is 14.5. The topological polar surface area (TPSA) is 21.3 Å². The molecule has 0 aromatic heterocycles. The molecule has 3 heteroatoms. The van der Waals surface area contributed by atoms with Crippen molar-refractivity contribution < 1.29 is 4.74 Å². The number of hydrogen-bond acceptors (Lipinski definition) is 2. The van der Waals surface area contributed by atoms with Crippen molar-refractivity contribution >= 4 is 11.6 Å². The predicted molar refractivity (Wildman–Crippen MR) is 73.7 cm³/mol. The summed E-state index contributed by atoms with van der Waals surface area (Å²) < 4.78 is 5.52. The van der Waals surface area contributed by atoms with Crippen LogP contribution in [0, 0.1) is 0 Å². The van der Waals surface area contributed by atoms with Crippen molar-refractivity contribution in [3.63, 3.8) is 0 Å². The van der Waals surface area contributed by atoms with Crippen LogP contribution in [-0.4, -0.2) is 25.8 Å². The molecule has 1 rings (SSSR count). The first-order valence-electron chi connectivity index (χ1n) is 6.21. The fourth-order valence-electron chi connectivity index (χ4n) is 2.09. The normalized spacial score (nSPS) is 14.6. The second kappa shape index (κ2) is 7.70. The van der Waals surface area contributed by atoms with Crippen LogP contribution >= 0.6 is 11.6 Å². The summed E-state index contributed by atoms with van der Waals surface area (Å²) in [5, 5.41) is 4.27. The molecule has 2 nitrogen and oxygen atoms in total. The van der Waals surface area contributed by atoms with E-state index in [4.69, 9.17) is 16.3 Å². The van der Waals surface area contributed by atoms with Crippen molar-refractivity contribution in [1.82, 2.24) is 5.32 Å². The SMILES string of the molecule is CCNC(Cc1ccc(Cl)cc1)C(CC)OC. The van der Waals surface area contributed by atoms with Gasteiger partial charge in [-0.2, -0.15) is 0 Å². The summed E-state index contributed by atoms with van der Waals surface area (Å²) >= 11 is 5.89. The summed E-state index contributed by atoms with van der Waals surface area (Å²) in [6.07, 6.45) is 2.24. The highest BCUT2D eigenvalue weighted by atomic mass is 35.5. The molecule has 2 atom stereocenters. The molecule has 0 aliphatic heterocycles. The molecule has 0 fully saturated rings. The van der Waals surface area contributed by atoms with Gasteiger partial charge < -0.3 is 10.1 Å². The number of halogens is 1. The average Bonchev–Trinajstić information content (AvgIpc) is 2.34. The lowest BCUT2D eigenvalue weighted by Gasteiger charge is -2.26. The largest absolute Gasteiger partial charge is 0.380 e. The minimum Gasteiger partial charge on any atom is -0.380 e. The summed E-state index contributed by atoms with van der Waals surface area (Å²) in [4.78, 5) is 0. The number of benzene rings is 1. The van der Waals surface area contributed by atoms with Gasteiger partial charge in [-0.3, -0.25) is 0 Å². The fraction of sp³-hybridized carbons (Fsp3) is 0.571. The van der Waals surface area contributed by atoms with Crippen LogP contribution in [0.25, 0.3) is 0 Å². The molecule has 0 bridgehead atoms. The van der Waals surface area contributed by atoms with Crippen LogP contribution in [0.3, 0.4) is 0 Å². The Morgan fingerprint density at radius 2 is 1.88 bits per heavy atom. The summed E-state index contributed by atoms with van der Waals surface area (Å²) in [5.41, 5.74) is 1.29. The van der Waals surface area contributed by atoms with E-state index in [1.165, 1.54) is 5.56 Å². The number of methoxy groups -OCH3 is 1. The number of ether oxygens (including phenoxy) is 1. The van der Waals surface area contributed by atoms with Gasteiger partial charge in [0, 0.05) is 18.2 Å². The maximum Gasteiger partial charge on any atom is 0.0724 e. The van der Waals surface area contributed by atoms with E-state index < -0.39 is 0 Å². The van der Waals surface area contributed by atoms with Gasteiger partial charge in [0.2, 0.25) is 0 Å². The summed E-state index contributed by atoms with van der Waals surface area (Å²) in [5.74, 6) is 0. The molecule has 0 spiro atoms. The second-order valence-corrected chi connectivity index (χ2v) is 4.61. The van der Waals surface area contributed by atoms with E-state index in [1.807, 2.05) is 12.1 Å². The molecule has 1 aromatic rings.